The van der Waals surface area contributed by atoms with Gasteiger partial charge in [-0.15, -0.1) is 0 Å². The predicted octanol–water partition coefficient (Wildman–Crippen LogP) is 2.86. The molecule has 0 fully saturated rings. The van der Waals surface area contributed by atoms with E-state index in [1.165, 1.54) is 11.8 Å². The number of nitrogens with zero attached hydrogens (tertiary/aromatic N) is 1. The Kier molecular flexibility index (Phi) is 5.15. The lowest BCUT2D eigenvalue weighted by Crippen LogP contribution is -2.23. The van der Waals surface area contributed by atoms with Gasteiger partial charge in [0, 0.05) is 11.4 Å². The molecule has 1 aromatic carbocycles. The second-order valence-corrected chi connectivity index (χ2v) is 6.65. The summed E-state index contributed by atoms with van der Waals surface area (Å²) < 4.78 is 6.09. The molecule has 0 spiro atoms. The van der Waals surface area contributed by atoms with Crippen LogP contribution in [-0.4, -0.2) is 34.9 Å². The Balaban J connectivity index is 1.88. The van der Waals surface area contributed by atoms with Crippen molar-refractivity contribution in [3.8, 4) is 5.75 Å². The molecule has 0 bridgehead atoms. The van der Waals surface area contributed by atoms with Crippen LogP contribution in [-0.2, 0) is 4.79 Å². The number of ether oxygens (including phenoxy) is 1. The summed E-state index contributed by atoms with van der Waals surface area (Å²) in [7, 11) is 1.62. The van der Waals surface area contributed by atoms with Gasteiger partial charge in [0.1, 0.15) is 10.1 Å². The lowest BCUT2D eigenvalue weighted by molar-refractivity contribution is -0.115. The van der Waals surface area contributed by atoms with Crippen LogP contribution in [0.25, 0.3) is 0 Å². The Bertz CT molecular complexity index is 474. The quantitative estimate of drug-likeness (QED) is 0.928. The molecule has 1 aromatic rings. The molecule has 0 saturated carbocycles. The number of nitrogens with one attached hydrogen (secondary N) is 1. The minimum Gasteiger partial charge on any atom is -0.497 e. The fourth-order valence-electron chi connectivity index (χ4n) is 1.51. The van der Waals surface area contributed by atoms with Gasteiger partial charge in [-0.05, 0) is 31.2 Å². The fraction of sp³-hybridized carbons (Fsp3) is 0.385. The predicted molar refractivity (Wildman–Crippen MR) is 83.4 cm³/mol. The topological polar surface area (TPSA) is 50.7 Å². The first-order valence-corrected chi connectivity index (χ1v) is 7.84. The van der Waals surface area contributed by atoms with E-state index >= 15 is 0 Å². The van der Waals surface area contributed by atoms with E-state index in [0.29, 0.717) is 0 Å². The fourth-order valence-corrected chi connectivity index (χ4v) is 3.64. The summed E-state index contributed by atoms with van der Waals surface area (Å²) in [5.41, 5.74) is 0.777. The van der Waals surface area contributed by atoms with Gasteiger partial charge in [0.2, 0.25) is 5.91 Å². The SMILES string of the molecule is COc1ccc(NC(=O)C(C)SC2=NCCS2)cc1. The molecule has 1 N–H and O–H groups in total. The number of methoxy groups -OCH3 is 1. The number of thioether (sulfide) groups is 2. The van der Waals surface area contributed by atoms with E-state index in [-0.39, 0.29) is 11.2 Å². The van der Waals surface area contributed by atoms with E-state index < -0.39 is 0 Å². The molecule has 1 aliphatic rings. The van der Waals surface area contributed by atoms with E-state index in [1.54, 1.807) is 18.9 Å². The number of hydrogen-bond acceptors (Lipinski definition) is 5. The number of anilines is 1. The first-order chi connectivity index (χ1) is 9.19. The summed E-state index contributed by atoms with van der Waals surface area (Å²) in [6.07, 6.45) is 0. The molecule has 1 atom stereocenters. The zero-order valence-corrected chi connectivity index (χ0v) is 12.5. The monoisotopic (exact) mass is 296 g/mol. The van der Waals surface area contributed by atoms with Crippen LogP contribution in [0.3, 0.4) is 0 Å². The molecular formula is C13H16N2O2S2. The van der Waals surface area contributed by atoms with Crippen molar-refractivity contribution in [2.24, 2.45) is 4.99 Å². The minimum atomic E-state index is -0.147. The van der Waals surface area contributed by atoms with Gasteiger partial charge in [0.15, 0.2) is 0 Å². The third kappa shape index (κ3) is 4.18. The third-order valence-electron chi connectivity index (χ3n) is 2.56. The van der Waals surface area contributed by atoms with Gasteiger partial charge in [-0.3, -0.25) is 9.79 Å². The van der Waals surface area contributed by atoms with E-state index in [4.69, 9.17) is 4.74 Å². The largest absolute Gasteiger partial charge is 0.497 e. The summed E-state index contributed by atoms with van der Waals surface area (Å²) in [5, 5.41) is 2.74. The highest BCUT2D eigenvalue weighted by Crippen LogP contribution is 2.26. The van der Waals surface area contributed by atoms with Crippen molar-refractivity contribution in [1.82, 2.24) is 0 Å². The number of carbonyl (C=O) groups is 1. The van der Waals surface area contributed by atoms with Crippen molar-refractivity contribution >= 4 is 39.5 Å². The zero-order chi connectivity index (χ0) is 13.7. The first-order valence-electron chi connectivity index (χ1n) is 5.98. The van der Waals surface area contributed by atoms with Crippen LogP contribution in [0.4, 0.5) is 5.69 Å². The second kappa shape index (κ2) is 6.86. The molecule has 1 unspecified atom stereocenters. The van der Waals surface area contributed by atoms with E-state index in [1.807, 2.05) is 31.2 Å². The Morgan fingerprint density at radius 3 is 2.79 bits per heavy atom. The van der Waals surface area contributed by atoms with Crippen LogP contribution in [0.15, 0.2) is 29.3 Å². The summed E-state index contributed by atoms with van der Waals surface area (Å²) in [4.78, 5) is 16.4. The molecule has 102 valence electrons. The third-order valence-corrected chi connectivity index (χ3v) is 4.87. The molecule has 1 amide bonds. The number of aliphatic imine (C=N–C) groups is 1. The lowest BCUT2D eigenvalue weighted by Gasteiger charge is -2.11. The highest BCUT2D eigenvalue weighted by atomic mass is 32.2. The second-order valence-electron chi connectivity index (χ2n) is 3.97. The molecule has 4 nitrogen and oxygen atoms in total. The molecule has 19 heavy (non-hydrogen) atoms. The van der Waals surface area contributed by atoms with Gasteiger partial charge >= 0.3 is 0 Å². The highest BCUT2D eigenvalue weighted by Gasteiger charge is 2.18. The standard InChI is InChI=1S/C13H16N2O2S2/c1-9(19-13-14-7-8-18-13)12(16)15-10-3-5-11(17-2)6-4-10/h3-6,9H,7-8H2,1-2H3,(H,15,16). The van der Waals surface area contributed by atoms with Gasteiger partial charge in [0.05, 0.1) is 18.9 Å². The van der Waals surface area contributed by atoms with Gasteiger partial charge in [-0.25, -0.2) is 0 Å². The maximum atomic E-state index is 12.0. The van der Waals surface area contributed by atoms with Crippen LogP contribution >= 0.6 is 23.5 Å². The van der Waals surface area contributed by atoms with Crippen LogP contribution < -0.4 is 10.1 Å². The molecule has 0 radical (unpaired) electrons. The van der Waals surface area contributed by atoms with Crippen molar-refractivity contribution in [3.63, 3.8) is 0 Å². The number of carbonyl (C=O) groups excluding carboxylic acids is 1. The van der Waals surface area contributed by atoms with Crippen LogP contribution in [0.1, 0.15) is 6.92 Å². The molecule has 6 heteroatoms. The first kappa shape index (κ1) is 14.3. The molecule has 0 aliphatic carbocycles. The average Bonchev–Trinajstić information content (AvgIpc) is 2.92. The maximum Gasteiger partial charge on any atom is 0.237 e. The van der Waals surface area contributed by atoms with E-state index in [2.05, 4.69) is 10.3 Å². The Hall–Kier alpha value is -1.14. The summed E-state index contributed by atoms with van der Waals surface area (Å²) >= 11 is 3.23. The summed E-state index contributed by atoms with van der Waals surface area (Å²) in [6.45, 7) is 2.75. The van der Waals surface area contributed by atoms with Crippen molar-refractivity contribution in [2.45, 2.75) is 12.2 Å². The smallest absolute Gasteiger partial charge is 0.237 e. The van der Waals surface area contributed by atoms with Crippen molar-refractivity contribution in [3.05, 3.63) is 24.3 Å². The number of hydrogen-bond donors (Lipinski definition) is 1. The van der Waals surface area contributed by atoms with Crippen molar-refractivity contribution in [1.29, 1.82) is 0 Å². The number of rotatable bonds is 4. The summed E-state index contributed by atoms with van der Waals surface area (Å²) in [6, 6.07) is 7.31. The zero-order valence-electron chi connectivity index (χ0n) is 10.9. The minimum absolute atomic E-state index is 0.00892. The molecular weight excluding hydrogens is 280 g/mol. The Morgan fingerprint density at radius 2 is 2.21 bits per heavy atom. The lowest BCUT2D eigenvalue weighted by atomic mass is 10.3. The highest BCUT2D eigenvalue weighted by molar-refractivity contribution is 8.39. The Labute approximate surface area is 121 Å². The molecule has 2 rings (SSSR count). The van der Waals surface area contributed by atoms with Gasteiger partial charge in [-0.2, -0.15) is 0 Å². The maximum absolute atomic E-state index is 12.0. The van der Waals surface area contributed by atoms with Crippen molar-refractivity contribution in [2.75, 3.05) is 24.7 Å². The normalized spacial score (nSPS) is 15.8. The van der Waals surface area contributed by atoms with Gasteiger partial charge < -0.3 is 10.1 Å². The van der Waals surface area contributed by atoms with Crippen molar-refractivity contribution < 1.29 is 9.53 Å². The molecule has 0 saturated heterocycles. The van der Waals surface area contributed by atoms with Crippen LogP contribution in [0.5, 0.6) is 5.75 Å². The van der Waals surface area contributed by atoms with Crippen LogP contribution in [0.2, 0.25) is 0 Å². The number of amides is 1. The Morgan fingerprint density at radius 1 is 1.47 bits per heavy atom. The average molecular weight is 296 g/mol. The molecule has 1 heterocycles. The van der Waals surface area contributed by atoms with Gasteiger partial charge in [-0.1, -0.05) is 23.5 Å². The van der Waals surface area contributed by atoms with E-state index in [0.717, 1.165) is 28.1 Å². The molecule has 0 aromatic heterocycles. The number of benzene rings is 1. The van der Waals surface area contributed by atoms with Crippen LogP contribution in [0, 0.1) is 0 Å². The summed E-state index contributed by atoms with van der Waals surface area (Å²) in [5.74, 6) is 1.79. The van der Waals surface area contributed by atoms with Gasteiger partial charge in [0.25, 0.3) is 0 Å². The van der Waals surface area contributed by atoms with E-state index in [9.17, 15) is 4.79 Å². The molecule has 1 aliphatic heterocycles.